The fourth-order valence-electron chi connectivity index (χ4n) is 16.6. The molecule has 756 valence electrons. The minimum Gasteiger partial charge on any atom is -0.397 e. The molecule has 9 aliphatic rings. The topological polar surface area (TPSA) is 943 Å². The van der Waals surface area contributed by atoms with Gasteiger partial charge in [-0.1, -0.05) is 0 Å². The van der Waals surface area contributed by atoms with Crippen LogP contribution in [0.5, 0.6) is 0 Å². The number of aromatic nitrogens is 22. The van der Waals surface area contributed by atoms with Crippen molar-refractivity contribution in [2.75, 3.05) is 99.4 Å². The van der Waals surface area contributed by atoms with Gasteiger partial charge in [0.2, 0.25) is 23.8 Å². The van der Waals surface area contributed by atoms with Crippen molar-refractivity contribution in [3.05, 3.63) is 104 Å². The van der Waals surface area contributed by atoms with Crippen LogP contribution in [-0.2, 0) is 111 Å². The molecule has 9 aliphatic heterocycles. The maximum Gasteiger partial charge on any atom is 0.472 e. The minimum atomic E-state index is -5.14. The summed E-state index contributed by atoms with van der Waals surface area (Å²) in [6, 6.07) is 3.02. The fraction of sp³-hybridized carbons (Fsp3) is 0.515. The van der Waals surface area contributed by atoms with E-state index in [9.17, 15) is 96.4 Å². The second-order valence-electron chi connectivity index (χ2n) is 32.2. The lowest BCUT2D eigenvalue weighted by molar-refractivity contribution is -0.0655. The Balaban J connectivity index is 0.000000134. The number of pyridine rings is 2. The average Bonchev–Trinajstić information content (AvgIpc) is 1.61. The number of phosphoric ester groups is 2. The third kappa shape index (κ3) is 19.3. The van der Waals surface area contributed by atoms with Gasteiger partial charge >= 0.3 is 46.0 Å². The lowest BCUT2D eigenvalue weighted by Crippen LogP contribution is -2.38. The van der Waals surface area contributed by atoms with E-state index in [1.165, 1.54) is 55.4 Å². The van der Waals surface area contributed by atoms with Gasteiger partial charge in [0.1, 0.15) is 134 Å². The molecule has 0 amide bonds. The predicted octanol–water partition coefficient (Wildman–Crippen LogP) is -4.40. The molecule has 12 aromatic rings. The van der Waals surface area contributed by atoms with Gasteiger partial charge < -0.3 is 150 Å². The quantitative estimate of drug-likeness (QED) is 0.0699. The molecular formula is C66H80F2N28O38P6. The number of nitrogens with two attached hydrogens (primary N) is 6. The van der Waals surface area contributed by atoms with Crippen LogP contribution in [0.3, 0.4) is 0 Å². The second-order valence-corrected chi connectivity index (χ2v) is 42.2. The molecule has 12 unspecified atom stereocenters. The molecule has 9 saturated heterocycles. The summed E-state index contributed by atoms with van der Waals surface area (Å²) >= 11 is 0. The number of hydrogen-bond donors (Lipinski definition) is 20. The Morgan fingerprint density at radius 2 is 0.550 bits per heavy atom. The Kier molecular flexibility index (Phi) is 26.5. The number of nitrogens with one attached hydrogen (secondary N) is 4. The van der Waals surface area contributed by atoms with E-state index >= 15 is 8.78 Å². The molecule has 66 nitrogen and oxygen atoms in total. The molecule has 0 aromatic carbocycles. The van der Waals surface area contributed by atoms with Crippen LogP contribution in [0, 0.1) is 0 Å². The van der Waals surface area contributed by atoms with E-state index in [-0.39, 0.29) is 90.9 Å². The zero-order valence-electron chi connectivity index (χ0n) is 70.6. The molecule has 26 N–H and O–H groups in total. The third-order valence-electron chi connectivity index (χ3n) is 23.0. The van der Waals surface area contributed by atoms with E-state index in [1.54, 1.807) is 0 Å². The largest absolute Gasteiger partial charge is 0.472 e. The molecule has 0 aliphatic carbocycles. The van der Waals surface area contributed by atoms with Crippen LogP contribution in [0.1, 0.15) is 37.4 Å². The average molecular weight is 2100 g/mol. The van der Waals surface area contributed by atoms with Crippen molar-refractivity contribution in [3.63, 3.8) is 0 Å². The highest BCUT2D eigenvalue weighted by Gasteiger charge is 2.58. The monoisotopic (exact) mass is 2100 g/mol. The molecule has 0 saturated carbocycles. The van der Waals surface area contributed by atoms with Crippen molar-refractivity contribution in [3.8, 4) is 0 Å². The van der Waals surface area contributed by atoms with Crippen molar-refractivity contribution in [1.29, 1.82) is 0 Å². The van der Waals surface area contributed by atoms with Crippen LogP contribution >= 0.6 is 46.0 Å². The maximum atomic E-state index is 16.0. The van der Waals surface area contributed by atoms with E-state index in [1.807, 2.05) is 0 Å². The van der Waals surface area contributed by atoms with Gasteiger partial charge in [-0.2, -0.15) is 19.9 Å². The van der Waals surface area contributed by atoms with E-state index in [0.29, 0.717) is 11.2 Å². The number of fused-ring (bicyclic) bond motifs is 12. The van der Waals surface area contributed by atoms with Crippen LogP contribution in [0.15, 0.2) is 81.7 Å². The SMILES string of the molecule is Nc1nc2c(ncn2[C@@H]2O[C@@H]3COP(=O)(O)COC4[C@@H](COP(=O)(O)COC3[C@@H]2O)O[C@@H](n2cnc3c(=O)[nH]c(N)nc32)[C@H]4O)c(=O)[nH]1.Nc1nc2c(ncn2[C@@H]2O[C@@H]3COP(=O)(O)COC4[C@@H](COP(=O)(O)OC3[C@@H]2F)O[C@@H](n2cnc3c(N)ccnc32)[C@H]4O)c(=O)[nH]1.Nc1nc2c(ncn2[C@@H]2O[C@@H]3COP(=O)(O)COC4[C@@H](COP(=O)(O)OC3[C@@H]2O)O[C@@H](n2cnc3c(N)ccnc32)[C@H]4F)c(=O)[nH]1. The van der Waals surface area contributed by atoms with Gasteiger partial charge in [0.15, 0.2) is 106 Å². The Bertz CT molecular complexity index is 6920. The number of H-pyrrole nitrogens is 4. The molecule has 9 fully saturated rings. The number of imidazole rings is 6. The number of rotatable bonds is 6. The standard InChI is InChI=1S/2C22H26FN9O12P2.C22H28N10O14P2/c23-11-15-9(42-20(11)31-5-27-12-8(24)1-2-26-17(12)31)4-41-46(37,38)44-16-10(3-40-45(35,36)7-39-15)43-21(14(16)33)32-6-28-13-18(32)29-22(25)30-19(13)34;23-11-15-9(42-20(11)32-6-28-13-18(32)29-22(25)30-19(13)34)3-40-45(35,36)7-39-16-10(4-41-46(37,38)44-15)43-21(14(16)33)31-5-27-12-8(24)1-2-26-17(12)31;23-21-27-15-9(17(35)29-21)25-3-31(15)19-11(33)13-7(45-19)1-43-47(37,38)5-42-14-8(2-44-48(39,40)6-41-13)46-20(12(14)34)32-4-26-10-16(32)28-22(24)30-18(10)36/h2*1-2,5-6,9-11,14-16,20-21,33H,3-4,7H2,(H2,24,26)(H,35,36)(H,37,38)(H3,25,29,30,34);3-4,7-8,11-14,19-20,33-34H,1-2,5-6H2,(H,37,38)(H,39,40)(H3,23,27,29,35)(H3,24,28,30,36)/t2*9-,10-,11+,14+,15?,16?,20-,21-;7-,8-,11+,12+,13?,14?,19-,20-/m111/s1. The lowest BCUT2D eigenvalue weighted by Gasteiger charge is -2.26. The van der Waals surface area contributed by atoms with Gasteiger partial charge in [-0.15, -0.1) is 0 Å². The van der Waals surface area contributed by atoms with Gasteiger partial charge in [-0.25, -0.2) is 57.8 Å². The molecule has 0 bridgehead atoms. The Labute approximate surface area is 772 Å². The zero-order valence-corrected chi connectivity index (χ0v) is 75.9. The first-order chi connectivity index (χ1) is 66.3. The van der Waals surface area contributed by atoms with E-state index in [2.05, 4.69) is 79.7 Å². The molecule has 0 spiro atoms. The number of ether oxygens (including phenoxy) is 10. The van der Waals surface area contributed by atoms with Crippen molar-refractivity contribution in [2.45, 2.75) is 147 Å². The van der Waals surface area contributed by atoms with Gasteiger partial charge in [-0.3, -0.25) is 103 Å². The molecule has 74 heteroatoms. The number of hydrogen-bond acceptors (Lipinski definition) is 50. The summed E-state index contributed by atoms with van der Waals surface area (Å²) in [5.74, 6) is -1.07. The van der Waals surface area contributed by atoms with Crippen molar-refractivity contribution < 1.29 is 170 Å². The Morgan fingerprint density at radius 3 is 0.879 bits per heavy atom. The number of aliphatic hydroxyl groups excluding tert-OH is 4. The smallest absolute Gasteiger partial charge is 0.397 e. The number of halogens is 2. The van der Waals surface area contributed by atoms with Crippen molar-refractivity contribution in [2.24, 2.45) is 0 Å². The number of aromatic amines is 4. The van der Waals surface area contributed by atoms with Gasteiger partial charge in [0.25, 0.3) is 22.2 Å². The minimum absolute atomic E-state index is 0.0675. The maximum absolute atomic E-state index is 16.0. The van der Waals surface area contributed by atoms with E-state index in [4.69, 9.17) is 118 Å². The highest BCUT2D eigenvalue weighted by atomic mass is 31.2. The van der Waals surface area contributed by atoms with Gasteiger partial charge in [0.05, 0.1) is 89.0 Å². The Morgan fingerprint density at radius 1 is 0.314 bits per heavy atom. The summed E-state index contributed by atoms with van der Waals surface area (Å²) in [5, 5.41) is 44.7. The molecule has 140 heavy (non-hydrogen) atoms. The second kappa shape index (κ2) is 37.7. The predicted molar refractivity (Wildman–Crippen MR) is 455 cm³/mol. The van der Waals surface area contributed by atoms with Crippen molar-refractivity contribution in [1.82, 2.24) is 107 Å². The lowest BCUT2D eigenvalue weighted by atomic mass is 10.1. The van der Waals surface area contributed by atoms with E-state index < -0.39 is 281 Å². The molecule has 12 aromatic heterocycles. The normalized spacial score (nSPS) is 37.1. The van der Waals surface area contributed by atoms with Crippen LogP contribution in [0.4, 0.5) is 43.9 Å². The first kappa shape index (κ1) is 98.3. The fourth-order valence-corrected chi connectivity index (χ4v) is 21.8. The van der Waals surface area contributed by atoms with Crippen LogP contribution in [0.2, 0.25) is 0 Å². The molecular weight excluding hydrogens is 2020 g/mol. The highest BCUT2D eigenvalue weighted by molar-refractivity contribution is 7.53. The van der Waals surface area contributed by atoms with Crippen LogP contribution in [0.25, 0.3) is 67.0 Å². The summed E-state index contributed by atoms with van der Waals surface area (Å²) in [5.41, 5.74) is 32.2. The van der Waals surface area contributed by atoms with E-state index in [0.717, 1.165) is 34.4 Å². The third-order valence-corrected chi connectivity index (χ3v) is 29.1. The molecule has 30 atom stereocenters. The summed E-state index contributed by atoms with van der Waals surface area (Å²) in [6.07, 6.45) is -31.7. The summed E-state index contributed by atoms with van der Waals surface area (Å²) in [7, 11) is -28.8. The van der Waals surface area contributed by atoms with Crippen LogP contribution < -0.4 is 56.6 Å². The first-order valence-electron chi connectivity index (χ1n) is 40.9. The summed E-state index contributed by atoms with van der Waals surface area (Å²) in [6.45, 7) is -4.57. The molecule has 0 radical (unpaired) electrons. The number of alkyl halides is 2. The highest BCUT2D eigenvalue weighted by Crippen LogP contribution is 2.56. The molecule has 21 rings (SSSR count). The number of nitrogen functional groups attached to an aromatic ring is 6. The van der Waals surface area contributed by atoms with Crippen LogP contribution in [-0.4, -0.2) is 332 Å². The summed E-state index contributed by atoms with van der Waals surface area (Å²) < 4.78 is 216. The van der Waals surface area contributed by atoms with Gasteiger partial charge in [-0.05, 0) is 12.1 Å². The molecule has 21 heterocycles. The zero-order chi connectivity index (χ0) is 99.2. The number of nitrogens with zero attached hydrogens (tertiary/aromatic N) is 18. The van der Waals surface area contributed by atoms with Gasteiger partial charge in [0, 0.05) is 12.4 Å². The number of anilines is 6. The first-order valence-corrected chi connectivity index (χ1v) is 51.0. The number of phosphoric acid groups is 2. The number of aliphatic hydroxyl groups is 4. The summed E-state index contributed by atoms with van der Waals surface area (Å²) in [4.78, 5) is 170. The Hall–Kier alpha value is -10.4. The van der Waals surface area contributed by atoms with Crippen molar-refractivity contribution >= 4 is 148 Å².